The van der Waals surface area contributed by atoms with E-state index in [1.165, 1.54) is 16.7 Å². The third kappa shape index (κ3) is 1.95. The quantitative estimate of drug-likeness (QED) is 0.824. The Morgan fingerprint density at radius 2 is 1.86 bits per heavy atom. The van der Waals surface area contributed by atoms with Gasteiger partial charge in [0.1, 0.15) is 0 Å². The van der Waals surface area contributed by atoms with E-state index in [9.17, 15) is 4.79 Å². The van der Waals surface area contributed by atoms with Crippen LogP contribution in [0.5, 0.6) is 0 Å². The first kappa shape index (κ1) is 13.1. The predicted octanol–water partition coefficient (Wildman–Crippen LogP) is 4.27. The molecule has 1 amide bonds. The molecular weight excluding hydrogens is 326 g/mol. The molecule has 0 aromatic heterocycles. The van der Waals surface area contributed by atoms with Crippen molar-refractivity contribution in [2.75, 3.05) is 0 Å². The zero-order chi connectivity index (χ0) is 14.6. The number of hydrogen-bond acceptors (Lipinski definition) is 1. The number of hydrogen-bond donors (Lipinski definition) is 1. The van der Waals surface area contributed by atoms with Crippen LogP contribution in [-0.4, -0.2) is 5.91 Å². The lowest BCUT2D eigenvalue weighted by Gasteiger charge is -2.35. The summed E-state index contributed by atoms with van der Waals surface area (Å²) in [7, 11) is 0. The fourth-order valence-electron chi connectivity index (χ4n) is 3.52. The minimum atomic E-state index is 0.0513. The van der Waals surface area contributed by atoms with Gasteiger partial charge in [-0.2, -0.15) is 0 Å². The molecule has 1 fully saturated rings. The van der Waals surface area contributed by atoms with E-state index in [-0.39, 0.29) is 17.4 Å². The lowest BCUT2D eigenvalue weighted by Crippen LogP contribution is -2.42. The predicted molar refractivity (Wildman–Crippen MR) is 86.4 cm³/mol. The molecule has 21 heavy (non-hydrogen) atoms. The van der Waals surface area contributed by atoms with Gasteiger partial charge in [-0.15, -0.1) is 0 Å². The Balaban J connectivity index is 1.85. The van der Waals surface area contributed by atoms with Gasteiger partial charge in [0.2, 0.25) is 0 Å². The van der Waals surface area contributed by atoms with Gasteiger partial charge < -0.3 is 5.32 Å². The van der Waals surface area contributed by atoms with Crippen molar-refractivity contribution >= 4 is 21.8 Å². The molecule has 0 unspecified atom stereocenters. The minimum Gasteiger partial charge on any atom is -0.344 e. The highest BCUT2D eigenvalue weighted by Gasteiger charge is 2.55. The Morgan fingerprint density at radius 1 is 1.14 bits per heavy atom. The van der Waals surface area contributed by atoms with Gasteiger partial charge in [-0.25, -0.2) is 0 Å². The smallest absolute Gasteiger partial charge is 0.252 e. The monoisotopic (exact) mass is 341 g/mol. The van der Waals surface area contributed by atoms with Crippen molar-refractivity contribution in [1.82, 2.24) is 5.32 Å². The first-order valence-corrected chi connectivity index (χ1v) is 8.07. The average Bonchev–Trinajstić information content (AvgIpc) is 3.26. The van der Waals surface area contributed by atoms with Crippen molar-refractivity contribution in [1.29, 1.82) is 0 Å². The maximum Gasteiger partial charge on any atom is 0.252 e. The van der Waals surface area contributed by atoms with Crippen LogP contribution in [0.3, 0.4) is 0 Å². The van der Waals surface area contributed by atoms with Gasteiger partial charge in [0.05, 0.1) is 6.04 Å². The van der Waals surface area contributed by atoms with Gasteiger partial charge in [-0.05, 0) is 49.1 Å². The maximum atomic E-state index is 12.4. The molecule has 106 valence electrons. The van der Waals surface area contributed by atoms with Crippen LogP contribution in [0, 0.1) is 6.92 Å². The second kappa shape index (κ2) is 4.44. The topological polar surface area (TPSA) is 29.1 Å². The van der Waals surface area contributed by atoms with E-state index < -0.39 is 0 Å². The van der Waals surface area contributed by atoms with Crippen LogP contribution in [0.1, 0.15) is 45.9 Å². The molecule has 1 aliphatic heterocycles. The lowest BCUT2D eigenvalue weighted by molar-refractivity contribution is 0.0909. The standard InChI is InChI=1S/C18H16BrNO/c1-11-2-7-14-15(10-11)18(8-9-18)16(20-17(14)21)12-3-5-13(19)6-4-12/h2-7,10,16H,8-9H2,1H3,(H,20,21)/t16-/m0/s1. The molecule has 2 aromatic carbocycles. The first-order chi connectivity index (χ1) is 10.1. The Kier molecular flexibility index (Phi) is 2.77. The summed E-state index contributed by atoms with van der Waals surface area (Å²) in [6.07, 6.45) is 2.29. The van der Waals surface area contributed by atoms with E-state index in [2.05, 4.69) is 46.4 Å². The molecule has 2 aliphatic rings. The molecule has 2 aromatic rings. The zero-order valence-electron chi connectivity index (χ0n) is 11.8. The molecule has 3 heteroatoms. The van der Waals surface area contributed by atoms with Crippen molar-refractivity contribution in [2.24, 2.45) is 0 Å². The molecule has 0 saturated heterocycles. The summed E-state index contributed by atoms with van der Waals surface area (Å²) >= 11 is 3.47. The Labute approximate surface area is 132 Å². The fraction of sp³-hybridized carbons (Fsp3) is 0.278. The van der Waals surface area contributed by atoms with Crippen molar-refractivity contribution in [2.45, 2.75) is 31.2 Å². The molecule has 0 bridgehead atoms. The van der Waals surface area contributed by atoms with Crippen molar-refractivity contribution < 1.29 is 4.79 Å². The van der Waals surface area contributed by atoms with Crippen molar-refractivity contribution in [3.05, 3.63) is 69.2 Å². The minimum absolute atomic E-state index is 0.0513. The number of halogens is 1. The highest BCUT2D eigenvalue weighted by atomic mass is 79.9. The second-order valence-electron chi connectivity index (χ2n) is 6.16. The number of carbonyl (C=O) groups is 1. The van der Waals surface area contributed by atoms with Gasteiger partial charge in [0, 0.05) is 15.5 Å². The van der Waals surface area contributed by atoms with E-state index >= 15 is 0 Å². The molecule has 1 spiro atoms. The summed E-state index contributed by atoms with van der Waals surface area (Å²) in [6.45, 7) is 2.09. The molecule has 0 radical (unpaired) electrons. The van der Waals surface area contributed by atoms with E-state index in [1.807, 2.05) is 24.3 Å². The van der Waals surface area contributed by atoms with Crippen LogP contribution in [-0.2, 0) is 5.41 Å². The number of aryl methyl sites for hydroxylation is 1. The highest BCUT2D eigenvalue weighted by molar-refractivity contribution is 9.10. The van der Waals surface area contributed by atoms with E-state index in [4.69, 9.17) is 0 Å². The number of nitrogens with one attached hydrogen (secondary N) is 1. The Bertz CT molecular complexity index is 731. The van der Waals surface area contributed by atoms with Gasteiger partial charge in [-0.3, -0.25) is 4.79 Å². The van der Waals surface area contributed by atoms with Crippen LogP contribution in [0.15, 0.2) is 46.9 Å². The van der Waals surface area contributed by atoms with E-state index in [0.717, 1.165) is 22.9 Å². The average molecular weight is 342 g/mol. The summed E-state index contributed by atoms with van der Waals surface area (Å²) in [6, 6.07) is 14.6. The van der Waals surface area contributed by atoms with E-state index in [0.29, 0.717) is 0 Å². The molecule has 1 saturated carbocycles. The van der Waals surface area contributed by atoms with Crippen LogP contribution >= 0.6 is 15.9 Å². The van der Waals surface area contributed by atoms with Crippen LogP contribution in [0.2, 0.25) is 0 Å². The van der Waals surface area contributed by atoms with E-state index in [1.54, 1.807) is 0 Å². The molecule has 1 aliphatic carbocycles. The molecule has 1 atom stereocenters. The fourth-order valence-corrected chi connectivity index (χ4v) is 3.79. The molecule has 2 nitrogen and oxygen atoms in total. The summed E-state index contributed by atoms with van der Waals surface area (Å²) < 4.78 is 1.06. The third-order valence-corrected chi connectivity index (χ3v) is 5.30. The normalized spacial score (nSPS) is 21.8. The Morgan fingerprint density at radius 3 is 2.52 bits per heavy atom. The molecule has 4 rings (SSSR count). The number of carbonyl (C=O) groups excluding carboxylic acids is 1. The zero-order valence-corrected chi connectivity index (χ0v) is 13.4. The summed E-state index contributed by atoms with van der Waals surface area (Å²) in [5.74, 6) is 0.0513. The third-order valence-electron chi connectivity index (χ3n) is 4.78. The maximum absolute atomic E-state index is 12.4. The lowest BCUT2D eigenvalue weighted by atomic mass is 9.78. The number of benzene rings is 2. The number of rotatable bonds is 1. The SMILES string of the molecule is Cc1ccc2c(c1)C1(CC1)[C@H](c1ccc(Br)cc1)NC2=O. The summed E-state index contributed by atoms with van der Waals surface area (Å²) in [4.78, 5) is 12.4. The van der Waals surface area contributed by atoms with Crippen LogP contribution < -0.4 is 5.32 Å². The highest BCUT2D eigenvalue weighted by Crippen LogP contribution is 2.59. The van der Waals surface area contributed by atoms with Crippen molar-refractivity contribution in [3.63, 3.8) is 0 Å². The largest absolute Gasteiger partial charge is 0.344 e. The van der Waals surface area contributed by atoms with Gasteiger partial charge >= 0.3 is 0 Å². The van der Waals surface area contributed by atoms with Gasteiger partial charge in [0.25, 0.3) is 5.91 Å². The molecule has 1 heterocycles. The van der Waals surface area contributed by atoms with Crippen LogP contribution in [0.4, 0.5) is 0 Å². The Hall–Kier alpha value is -1.61. The second-order valence-corrected chi connectivity index (χ2v) is 7.08. The molecular formula is C18H16BrNO. The van der Waals surface area contributed by atoms with Crippen molar-refractivity contribution in [3.8, 4) is 0 Å². The first-order valence-electron chi connectivity index (χ1n) is 7.28. The van der Waals surface area contributed by atoms with Gasteiger partial charge in [-0.1, -0.05) is 45.8 Å². The van der Waals surface area contributed by atoms with Crippen LogP contribution in [0.25, 0.3) is 0 Å². The summed E-state index contributed by atoms with van der Waals surface area (Å²) in [5, 5.41) is 3.23. The number of amides is 1. The molecule has 1 N–H and O–H groups in total. The number of fused-ring (bicyclic) bond motifs is 2. The van der Waals surface area contributed by atoms with Gasteiger partial charge in [0.15, 0.2) is 0 Å². The summed E-state index contributed by atoms with van der Waals surface area (Å²) in [5.41, 5.74) is 4.61.